The van der Waals surface area contributed by atoms with Gasteiger partial charge in [0.15, 0.2) is 0 Å². The average molecular weight is 682 g/mol. The van der Waals surface area contributed by atoms with Gasteiger partial charge < -0.3 is 44.7 Å². The molecule has 272 valence electrons. The fourth-order valence-electron chi connectivity index (χ4n) is 4.31. The van der Waals surface area contributed by atoms with E-state index in [0.29, 0.717) is 19.3 Å². The number of alkyl carbamates (subject to hydrolysis) is 3. The van der Waals surface area contributed by atoms with Crippen molar-refractivity contribution >= 4 is 30.2 Å². The zero-order chi connectivity index (χ0) is 36.9. The molecule has 0 aromatic carbocycles. The first-order chi connectivity index (χ1) is 21.9. The Morgan fingerprint density at radius 2 is 0.812 bits per heavy atom. The molecule has 14 heteroatoms. The first kappa shape index (κ1) is 42.0. The fraction of sp³-hybridized carbons (Fsp3) is 0.676. The molecule has 0 aromatic heterocycles. The van der Waals surface area contributed by atoms with Gasteiger partial charge in [-0.25, -0.2) is 14.4 Å². The smallest absolute Gasteiger partial charge is 0.408 e. The molecule has 0 saturated carbocycles. The molecule has 3 rings (SSSR count). The number of hydrogen-bond donors (Lipinski definition) is 4. The van der Waals surface area contributed by atoms with Crippen molar-refractivity contribution in [3.8, 4) is 0 Å². The van der Waals surface area contributed by atoms with Crippen molar-refractivity contribution < 1.29 is 52.8 Å². The van der Waals surface area contributed by atoms with E-state index in [0.717, 1.165) is 0 Å². The molecule has 48 heavy (non-hydrogen) atoms. The van der Waals surface area contributed by atoms with Crippen molar-refractivity contribution in [3.05, 3.63) is 36.5 Å². The molecule has 0 aliphatic heterocycles. The predicted molar refractivity (Wildman–Crippen MR) is 178 cm³/mol. The van der Waals surface area contributed by atoms with Gasteiger partial charge in [-0.05, 0) is 74.5 Å². The van der Waals surface area contributed by atoms with Crippen LogP contribution in [0.15, 0.2) is 36.5 Å². The standard InChI is InChI=1S/2C12H19NO4.C10H17NO3/c2*1-8(14)16-10-6-5-9(7-10)13-11(15)17-12(2,3)4;1-10(2,3)14-9(13)11-7-4-5-8(12)6-7/h2*5-6,9-10H,7H2,1-4H3,(H,13,15);4-5,7-8,12H,6H2,1-3H3,(H,11,13)/t2*9-,10+;7-,8+/m110/s1. The van der Waals surface area contributed by atoms with Crippen molar-refractivity contribution in [2.24, 2.45) is 0 Å². The second kappa shape index (κ2) is 18.5. The first-order valence-electron chi connectivity index (χ1n) is 15.9. The van der Waals surface area contributed by atoms with Gasteiger partial charge >= 0.3 is 30.2 Å². The molecular formula is C34H55N3O11. The van der Waals surface area contributed by atoms with E-state index in [4.69, 9.17) is 28.8 Å². The minimum atomic E-state index is -0.512. The minimum absolute atomic E-state index is 0.111. The van der Waals surface area contributed by atoms with Gasteiger partial charge in [-0.2, -0.15) is 0 Å². The van der Waals surface area contributed by atoms with Crippen LogP contribution in [0.25, 0.3) is 0 Å². The van der Waals surface area contributed by atoms with Gasteiger partial charge in [0.2, 0.25) is 0 Å². The summed E-state index contributed by atoms with van der Waals surface area (Å²) in [5.74, 6) is -0.643. The highest BCUT2D eigenvalue weighted by atomic mass is 16.6. The second-order valence-electron chi connectivity index (χ2n) is 14.5. The predicted octanol–water partition coefficient (Wildman–Crippen LogP) is 4.74. The van der Waals surface area contributed by atoms with Gasteiger partial charge in [0.05, 0.1) is 24.2 Å². The Kier molecular flexibility index (Phi) is 16.1. The Balaban J connectivity index is 0.000000362. The molecule has 0 radical (unpaired) electrons. The van der Waals surface area contributed by atoms with Crippen LogP contribution in [0.4, 0.5) is 14.4 Å². The third-order valence-corrected chi connectivity index (χ3v) is 5.89. The van der Waals surface area contributed by atoms with Crippen LogP contribution in [0.2, 0.25) is 0 Å². The summed E-state index contributed by atoms with van der Waals surface area (Å²) in [6, 6.07) is -0.400. The number of carbonyl (C=O) groups is 5. The molecule has 3 aliphatic carbocycles. The number of esters is 2. The molecule has 3 amide bonds. The van der Waals surface area contributed by atoms with Crippen LogP contribution in [0.3, 0.4) is 0 Å². The van der Waals surface area contributed by atoms with Crippen molar-refractivity contribution in [1.82, 2.24) is 16.0 Å². The highest BCUT2D eigenvalue weighted by Crippen LogP contribution is 2.17. The lowest BCUT2D eigenvalue weighted by molar-refractivity contribution is -0.145. The summed E-state index contributed by atoms with van der Waals surface area (Å²) in [4.78, 5) is 55.7. The van der Waals surface area contributed by atoms with E-state index < -0.39 is 41.2 Å². The molecular weight excluding hydrogens is 626 g/mol. The molecule has 0 fully saturated rings. The molecule has 6 atom stereocenters. The summed E-state index contributed by atoms with van der Waals surface area (Å²) >= 11 is 0. The Labute approximate surface area is 284 Å². The summed E-state index contributed by atoms with van der Waals surface area (Å²) in [5, 5.41) is 17.2. The topological polar surface area (TPSA) is 188 Å². The van der Waals surface area contributed by atoms with E-state index in [9.17, 15) is 24.0 Å². The van der Waals surface area contributed by atoms with E-state index in [1.165, 1.54) is 13.8 Å². The maximum Gasteiger partial charge on any atom is 0.408 e. The van der Waals surface area contributed by atoms with Gasteiger partial charge in [0.1, 0.15) is 29.0 Å². The van der Waals surface area contributed by atoms with Crippen LogP contribution in [0.5, 0.6) is 0 Å². The lowest BCUT2D eigenvalue weighted by Gasteiger charge is -2.21. The van der Waals surface area contributed by atoms with E-state index in [1.54, 1.807) is 78.0 Å². The largest absolute Gasteiger partial charge is 0.458 e. The SMILES string of the molecule is CC(=O)O[C@H]1C=C[C@@H](NC(=O)OC(C)(C)C)C1.CC(=O)O[C@H]1C=C[C@@H](NC(=O)OC(C)(C)C)C1.CC(C)(C)OC(=O)N[C@H]1C=C[C@@H](O)C1. The van der Waals surface area contributed by atoms with Gasteiger partial charge in [0.25, 0.3) is 0 Å². The van der Waals surface area contributed by atoms with E-state index in [1.807, 2.05) is 20.8 Å². The molecule has 3 aliphatic rings. The summed E-state index contributed by atoms with van der Waals surface area (Å²) < 4.78 is 25.3. The zero-order valence-electron chi connectivity index (χ0n) is 30.1. The molecule has 0 saturated heterocycles. The molecule has 0 unspecified atom stereocenters. The number of amides is 3. The molecule has 14 nitrogen and oxygen atoms in total. The molecule has 0 bridgehead atoms. The van der Waals surface area contributed by atoms with Gasteiger partial charge in [0, 0.05) is 33.1 Å². The molecule has 0 heterocycles. The zero-order valence-corrected chi connectivity index (χ0v) is 30.1. The third-order valence-electron chi connectivity index (χ3n) is 5.89. The van der Waals surface area contributed by atoms with Crippen molar-refractivity contribution in [2.45, 2.75) is 149 Å². The maximum absolute atomic E-state index is 11.5. The van der Waals surface area contributed by atoms with E-state index in [-0.39, 0.29) is 42.3 Å². The highest BCUT2D eigenvalue weighted by molar-refractivity contribution is 5.70. The number of carbonyl (C=O) groups excluding carboxylic acids is 5. The Hall–Kier alpha value is -4.07. The Morgan fingerprint density at radius 3 is 1.06 bits per heavy atom. The van der Waals surface area contributed by atoms with E-state index >= 15 is 0 Å². The summed E-state index contributed by atoms with van der Waals surface area (Å²) in [6.07, 6.45) is 9.89. The van der Waals surface area contributed by atoms with Gasteiger partial charge in [-0.1, -0.05) is 24.3 Å². The number of ether oxygens (including phenoxy) is 5. The van der Waals surface area contributed by atoms with Crippen LogP contribution in [-0.4, -0.2) is 88.6 Å². The van der Waals surface area contributed by atoms with Crippen LogP contribution in [0, 0.1) is 0 Å². The van der Waals surface area contributed by atoms with Crippen molar-refractivity contribution in [1.29, 1.82) is 0 Å². The minimum Gasteiger partial charge on any atom is -0.458 e. The lowest BCUT2D eigenvalue weighted by atomic mass is 10.2. The number of hydrogen-bond acceptors (Lipinski definition) is 11. The number of rotatable bonds is 5. The molecule has 0 spiro atoms. The highest BCUT2D eigenvalue weighted by Gasteiger charge is 2.26. The van der Waals surface area contributed by atoms with Crippen LogP contribution >= 0.6 is 0 Å². The summed E-state index contributed by atoms with van der Waals surface area (Å²) in [7, 11) is 0. The van der Waals surface area contributed by atoms with Crippen LogP contribution < -0.4 is 16.0 Å². The quantitative estimate of drug-likeness (QED) is 0.178. The number of nitrogens with one attached hydrogen (secondary N) is 3. The van der Waals surface area contributed by atoms with Crippen molar-refractivity contribution in [2.75, 3.05) is 0 Å². The van der Waals surface area contributed by atoms with Gasteiger partial charge in [-0.3, -0.25) is 9.59 Å². The fourth-order valence-corrected chi connectivity index (χ4v) is 4.31. The van der Waals surface area contributed by atoms with Crippen molar-refractivity contribution in [3.63, 3.8) is 0 Å². The number of aliphatic hydroxyl groups is 1. The third kappa shape index (κ3) is 20.9. The maximum atomic E-state index is 11.5. The normalized spacial score (nSPS) is 24.2. The summed E-state index contributed by atoms with van der Waals surface area (Å²) in [6.45, 7) is 19.0. The first-order valence-corrected chi connectivity index (χ1v) is 15.9. The monoisotopic (exact) mass is 681 g/mol. The Morgan fingerprint density at radius 1 is 0.521 bits per heavy atom. The summed E-state index contributed by atoms with van der Waals surface area (Å²) in [5.41, 5.74) is -1.51. The second-order valence-corrected chi connectivity index (χ2v) is 14.5. The number of aliphatic hydroxyl groups excluding tert-OH is 1. The van der Waals surface area contributed by atoms with Crippen LogP contribution in [-0.2, 0) is 33.3 Å². The molecule has 4 N–H and O–H groups in total. The average Bonchev–Trinajstić information content (AvgIpc) is 3.58. The van der Waals surface area contributed by atoms with Crippen LogP contribution in [0.1, 0.15) is 95.4 Å². The molecule has 0 aromatic rings. The van der Waals surface area contributed by atoms with Gasteiger partial charge in [-0.15, -0.1) is 0 Å². The van der Waals surface area contributed by atoms with E-state index in [2.05, 4.69) is 16.0 Å². The lowest BCUT2D eigenvalue weighted by Crippen LogP contribution is -2.38. The Bertz CT molecular complexity index is 1130.